The fraction of sp³-hybridized carbons (Fsp3) is 0.227. The molecular weight excluding hydrogens is 644 g/mol. The number of benzene rings is 2. The van der Waals surface area contributed by atoms with Gasteiger partial charge < -0.3 is 9.47 Å². The standard InChI is InChI=1S/C22H19I2NO5S/c1-12-5-4-6-14(7-12)11-30-19-16(23)8-15(9-17(19)24)10-18-20(26)25(22(28)31-18)13(2)21(27)29-3/h4-10,13H,11H2,1-3H3/b18-10+/t13-/m0/s1. The van der Waals surface area contributed by atoms with Gasteiger partial charge in [0.1, 0.15) is 18.4 Å². The number of hydrogen-bond donors (Lipinski definition) is 0. The monoisotopic (exact) mass is 663 g/mol. The van der Waals surface area contributed by atoms with E-state index < -0.39 is 23.2 Å². The SMILES string of the molecule is COC(=O)[C@H](C)N1C(=O)S/C(=C/c2cc(I)c(OCc3cccc(C)c3)c(I)c2)C1=O. The lowest BCUT2D eigenvalue weighted by molar-refractivity contribution is -0.148. The molecular formula is C22H19I2NO5S. The second-order valence-electron chi connectivity index (χ2n) is 6.84. The Morgan fingerprint density at radius 3 is 2.48 bits per heavy atom. The minimum Gasteiger partial charge on any atom is -0.487 e. The minimum absolute atomic E-state index is 0.265. The van der Waals surface area contributed by atoms with Gasteiger partial charge in [-0.1, -0.05) is 29.8 Å². The summed E-state index contributed by atoms with van der Waals surface area (Å²) in [7, 11) is 1.22. The lowest BCUT2D eigenvalue weighted by Gasteiger charge is -2.18. The normalized spacial score (nSPS) is 16.0. The van der Waals surface area contributed by atoms with Gasteiger partial charge in [-0.2, -0.15) is 0 Å². The molecule has 0 aliphatic carbocycles. The summed E-state index contributed by atoms with van der Waals surface area (Å²) < 4.78 is 12.5. The van der Waals surface area contributed by atoms with E-state index in [4.69, 9.17) is 4.74 Å². The van der Waals surface area contributed by atoms with Gasteiger partial charge >= 0.3 is 5.97 Å². The first-order valence-electron chi connectivity index (χ1n) is 9.23. The van der Waals surface area contributed by atoms with E-state index in [1.165, 1.54) is 19.6 Å². The minimum atomic E-state index is -0.971. The molecule has 9 heteroatoms. The summed E-state index contributed by atoms with van der Waals surface area (Å²) in [5.74, 6) is -0.368. The van der Waals surface area contributed by atoms with E-state index in [9.17, 15) is 14.4 Å². The molecule has 0 saturated carbocycles. The highest BCUT2D eigenvalue weighted by Crippen LogP contribution is 2.36. The van der Waals surface area contributed by atoms with Gasteiger partial charge in [-0.05, 0) is 100 Å². The second kappa shape index (κ2) is 10.3. The molecule has 0 unspecified atom stereocenters. The summed E-state index contributed by atoms with van der Waals surface area (Å²) in [5.41, 5.74) is 3.04. The van der Waals surface area contributed by atoms with E-state index in [2.05, 4.69) is 56.0 Å². The average molecular weight is 663 g/mol. The second-order valence-corrected chi connectivity index (χ2v) is 10.2. The van der Waals surface area contributed by atoms with Crippen molar-refractivity contribution in [1.82, 2.24) is 4.90 Å². The molecule has 6 nitrogen and oxygen atoms in total. The third kappa shape index (κ3) is 5.61. The van der Waals surface area contributed by atoms with E-state index in [1.54, 1.807) is 6.08 Å². The predicted molar refractivity (Wildman–Crippen MR) is 137 cm³/mol. The number of carbonyl (C=O) groups is 3. The van der Waals surface area contributed by atoms with Crippen LogP contribution in [0.25, 0.3) is 6.08 Å². The van der Waals surface area contributed by atoms with Crippen LogP contribution in [0.4, 0.5) is 4.79 Å². The number of imide groups is 1. The molecule has 2 amide bonds. The Kier molecular flexibility index (Phi) is 8.03. The summed E-state index contributed by atoms with van der Waals surface area (Å²) in [6.45, 7) is 3.97. The summed E-state index contributed by atoms with van der Waals surface area (Å²) in [4.78, 5) is 37.9. The van der Waals surface area contributed by atoms with Crippen molar-refractivity contribution in [3.8, 4) is 5.75 Å². The highest BCUT2D eigenvalue weighted by molar-refractivity contribution is 14.1. The van der Waals surface area contributed by atoms with Crippen molar-refractivity contribution >= 4 is 80.1 Å². The molecule has 0 bridgehead atoms. The van der Waals surface area contributed by atoms with Crippen LogP contribution in [0, 0.1) is 14.1 Å². The van der Waals surface area contributed by atoms with Crippen molar-refractivity contribution in [2.24, 2.45) is 0 Å². The quantitative estimate of drug-likeness (QED) is 0.235. The maximum absolute atomic E-state index is 12.7. The highest BCUT2D eigenvalue weighted by Gasteiger charge is 2.41. The largest absolute Gasteiger partial charge is 0.487 e. The molecule has 2 aromatic carbocycles. The summed E-state index contributed by atoms with van der Waals surface area (Å²) in [6, 6.07) is 11.0. The van der Waals surface area contributed by atoms with Crippen LogP contribution in [-0.2, 0) is 20.9 Å². The Labute approximate surface area is 212 Å². The van der Waals surface area contributed by atoms with Gasteiger partial charge in [0.15, 0.2) is 0 Å². The van der Waals surface area contributed by atoms with Gasteiger partial charge in [-0.15, -0.1) is 0 Å². The zero-order valence-electron chi connectivity index (χ0n) is 17.0. The maximum Gasteiger partial charge on any atom is 0.328 e. The Morgan fingerprint density at radius 2 is 1.87 bits per heavy atom. The number of esters is 1. The number of methoxy groups -OCH3 is 1. The van der Waals surface area contributed by atoms with Crippen LogP contribution < -0.4 is 4.74 Å². The molecule has 1 fully saturated rings. The first-order valence-corrected chi connectivity index (χ1v) is 12.2. The Bertz CT molecular complexity index is 1060. The van der Waals surface area contributed by atoms with Crippen molar-refractivity contribution in [1.29, 1.82) is 0 Å². The molecule has 1 saturated heterocycles. The van der Waals surface area contributed by atoms with E-state index in [-0.39, 0.29) is 4.91 Å². The molecule has 1 heterocycles. The zero-order valence-corrected chi connectivity index (χ0v) is 22.1. The number of aryl methyl sites for hydroxylation is 1. The zero-order chi connectivity index (χ0) is 22.7. The Hall–Kier alpha value is -1.60. The molecule has 162 valence electrons. The molecule has 31 heavy (non-hydrogen) atoms. The number of nitrogens with zero attached hydrogens (tertiary/aromatic N) is 1. The predicted octanol–water partition coefficient (Wildman–Crippen LogP) is 5.38. The van der Waals surface area contributed by atoms with E-state index in [0.29, 0.717) is 6.61 Å². The highest BCUT2D eigenvalue weighted by atomic mass is 127. The lowest BCUT2D eigenvalue weighted by Crippen LogP contribution is -2.42. The van der Waals surface area contributed by atoms with Gasteiger partial charge in [0.05, 0.1) is 19.2 Å². The number of hydrogen-bond acceptors (Lipinski definition) is 6. The molecule has 0 spiro atoms. The first kappa shape index (κ1) is 24.1. The fourth-order valence-electron chi connectivity index (χ4n) is 3.00. The van der Waals surface area contributed by atoms with Crippen molar-refractivity contribution in [3.63, 3.8) is 0 Å². The van der Waals surface area contributed by atoms with E-state index in [1.807, 2.05) is 37.3 Å². The lowest BCUT2D eigenvalue weighted by atomic mass is 10.1. The molecule has 0 N–H and O–H groups in total. The van der Waals surface area contributed by atoms with Crippen LogP contribution in [0.5, 0.6) is 5.75 Å². The van der Waals surface area contributed by atoms with Gasteiger partial charge in [-0.3, -0.25) is 14.5 Å². The van der Waals surface area contributed by atoms with Crippen LogP contribution in [0.2, 0.25) is 0 Å². The Morgan fingerprint density at radius 1 is 1.19 bits per heavy atom. The third-order valence-electron chi connectivity index (χ3n) is 4.54. The smallest absolute Gasteiger partial charge is 0.328 e. The Balaban J connectivity index is 1.79. The van der Waals surface area contributed by atoms with Crippen LogP contribution >= 0.6 is 56.9 Å². The van der Waals surface area contributed by atoms with Crippen LogP contribution in [0.1, 0.15) is 23.6 Å². The van der Waals surface area contributed by atoms with E-state index in [0.717, 1.165) is 40.7 Å². The van der Waals surface area contributed by atoms with E-state index >= 15 is 0 Å². The molecule has 3 rings (SSSR count). The number of amides is 2. The maximum atomic E-state index is 12.7. The number of ether oxygens (including phenoxy) is 2. The molecule has 0 radical (unpaired) electrons. The average Bonchev–Trinajstić information content (AvgIpc) is 2.99. The number of halogens is 2. The van der Waals surface area contributed by atoms with Crippen molar-refractivity contribution in [2.75, 3.05) is 7.11 Å². The van der Waals surface area contributed by atoms with Crippen LogP contribution in [0.15, 0.2) is 41.3 Å². The van der Waals surface area contributed by atoms with Gasteiger partial charge in [-0.25, -0.2) is 4.79 Å². The molecule has 2 aromatic rings. The number of rotatable bonds is 6. The third-order valence-corrected chi connectivity index (χ3v) is 7.02. The fourth-order valence-corrected chi connectivity index (χ4v) is 6.04. The molecule has 1 atom stereocenters. The van der Waals surface area contributed by atoms with Gasteiger partial charge in [0, 0.05) is 0 Å². The van der Waals surface area contributed by atoms with Crippen molar-refractivity contribution in [2.45, 2.75) is 26.5 Å². The van der Waals surface area contributed by atoms with Gasteiger partial charge in [0.2, 0.25) is 0 Å². The number of carbonyl (C=O) groups excluding carboxylic acids is 3. The molecule has 0 aromatic heterocycles. The molecule has 1 aliphatic rings. The summed E-state index contributed by atoms with van der Waals surface area (Å²) in [5, 5.41) is -0.489. The van der Waals surface area contributed by atoms with Crippen LogP contribution in [-0.4, -0.2) is 35.2 Å². The van der Waals surface area contributed by atoms with Crippen molar-refractivity contribution < 1.29 is 23.9 Å². The van der Waals surface area contributed by atoms with Crippen LogP contribution in [0.3, 0.4) is 0 Å². The molecule has 1 aliphatic heterocycles. The summed E-state index contributed by atoms with van der Waals surface area (Å²) in [6.07, 6.45) is 1.66. The van der Waals surface area contributed by atoms with Gasteiger partial charge in [0.25, 0.3) is 11.1 Å². The van der Waals surface area contributed by atoms with Crippen molar-refractivity contribution in [3.05, 3.63) is 65.1 Å². The topological polar surface area (TPSA) is 72.9 Å². The first-order chi connectivity index (χ1) is 14.7. The summed E-state index contributed by atoms with van der Waals surface area (Å²) >= 11 is 5.20. The number of thioether (sulfide) groups is 1.